The molecule has 7 heteroatoms. The molecule has 0 fully saturated rings. The fourth-order valence-corrected chi connectivity index (χ4v) is 14.9. The van der Waals surface area contributed by atoms with Crippen molar-refractivity contribution in [3.63, 3.8) is 0 Å². The van der Waals surface area contributed by atoms with E-state index in [2.05, 4.69) is 284 Å². The molecular formula is C77H47N7. The van der Waals surface area contributed by atoms with E-state index in [1.54, 1.807) is 0 Å². The average Bonchev–Trinajstić information content (AvgIpc) is 1.77. The first-order chi connectivity index (χ1) is 41.4. The lowest BCUT2D eigenvalue weighted by Crippen LogP contribution is -2.15. The maximum Gasteiger partial charge on any atom is 0.212 e. The highest BCUT2D eigenvalue weighted by Gasteiger charge is 2.37. The highest BCUT2D eigenvalue weighted by Crippen LogP contribution is 2.52. The predicted molar refractivity (Wildman–Crippen MR) is 347 cm³/mol. The molecule has 390 valence electrons. The lowest BCUT2D eigenvalue weighted by Gasteiger charge is -2.22. The smallest absolute Gasteiger partial charge is 0.212 e. The third-order valence-electron chi connectivity index (χ3n) is 18.5. The number of rotatable bonds is 5. The molecule has 1 aliphatic rings. The molecule has 0 amide bonds. The van der Waals surface area contributed by atoms with Crippen molar-refractivity contribution in [1.29, 1.82) is 5.26 Å². The second-order valence-electron chi connectivity index (χ2n) is 23.0. The zero-order valence-electron chi connectivity index (χ0n) is 45.8. The topological polar surface area (TPSA) is 52.8 Å². The summed E-state index contributed by atoms with van der Waals surface area (Å²) in [6.07, 6.45) is 0. The normalized spacial score (nSPS) is 13.0. The SMILES string of the molecule is [C-]#[N+]c1cc(-n2c3ccc(-n4c5ccccc5c5ccccc54)cc3c3cc4c(cc32)C(C)(C)c2ccccc2-4)c(C#N)cc1-n1c2ccc(-n3c4ccccc4c4ccccc43)cc2c2ccc3c4ccccc4n(-c4ccccc4)c3c21. The van der Waals surface area contributed by atoms with Crippen molar-refractivity contribution in [3.8, 4) is 45.6 Å². The Bertz CT molecular complexity index is 5750. The first-order valence-corrected chi connectivity index (χ1v) is 28.6. The van der Waals surface area contributed by atoms with Gasteiger partial charge in [-0.05, 0) is 125 Å². The fourth-order valence-electron chi connectivity index (χ4n) is 14.9. The summed E-state index contributed by atoms with van der Waals surface area (Å²) < 4.78 is 11.6. The Hall–Kier alpha value is -11.4. The molecule has 0 saturated carbocycles. The minimum absolute atomic E-state index is 0.287. The van der Waals surface area contributed by atoms with Crippen LogP contribution in [-0.2, 0) is 5.41 Å². The number of hydrogen-bond acceptors (Lipinski definition) is 1. The second kappa shape index (κ2) is 16.8. The van der Waals surface area contributed by atoms with Crippen molar-refractivity contribution in [2.75, 3.05) is 0 Å². The molecule has 0 unspecified atom stereocenters. The Morgan fingerprint density at radius 2 is 0.786 bits per heavy atom. The van der Waals surface area contributed by atoms with Crippen LogP contribution in [0.5, 0.6) is 0 Å². The standard InChI is InChI=1S/C77H47N7/c1-77(2)62-27-13-7-21-50(62)58-42-61-60-41-49(81-67-30-16-10-24-53(67)54-25-11-17-31-68(54)81)33-37-70(60)83(73(61)43-63(58)77)72-44-64(79-3)74(39-46(72)45-78)84-71-38-34-48(80-65-28-14-8-22-51(65)52-23-9-15-29-66(52)80)40-59(71)57-36-35-56-55-26-12-18-32-69(55)82(75(56)76(57)84)47-19-5-4-6-20-47/h4-44H,1-2H3. The summed E-state index contributed by atoms with van der Waals surface area (Å²) in [5, 5.41) is 23.0. The Labute approximate surface area is 482 Å². The van der Waals surface area contributed by atoms with Crippen LogP contribution in [0.25, 0.3) is 153 Å². The lowest BCUT2D eigenvalue weighted by atomic mass is 9.82. The third kappa shape index (κ3) is 6.06. The molecule has 0 aliphatic heterocycles. The molecule has 5 aromatic heterocycles. The van der Waals surface area contributed by atoms with E-state index in [-0.39, 0.29) is 5.41 Å². The van der Waals surface area contributed by atoms with Gasteiger partial charge < -0.3 is 22.8 Å². The molecule has 0 spiro atoms. The summed E-state index contributed by atoms with van der Waals surface area (Å²) in [5.74, 6) is 0. The summed E-state index contributed by atoms with van der Waals surface area (Å²) in [6.45, 7) is 13.9. The first-order valence-electron chi connectivity index (χ1n) is 28.6. The van der Waals surface area contributed by atoms with Gasteiger partial charge in [-0.2, -0.15) is 5.26 Å². The van der Waals surface area contributed by atoms with Gasteiger partial charge in [0.2, 0.25) is 5.69 Å². The molecular weight excluding hydrogens is 1020 g/mol. The van der Waals surface area contributed by atoms with E-state index in [0.717, 1.165) is 105 Å². The van der Waals surface area contributed by atoms with E-state index in [0.29, 0.717) is 22.6 Å². The summed E-state index contributed by atoms with van der Waals surface area (Å²) >= 11 is 0. The van der Waals surface area contributed by atoms with Crippen LogP contribution in [0, 0.1) is 17.9 Å². The monoisotopic (exact) mass is 1070 g/mol. The van der Waals surface area contributed by atoms with Gasteiger partial charge in [0.05, 0.1) is 78.7 Å². The molecule has 0 radical (unpaired) electrons. The van der Waals surface area contributed by atoms with Crippen molar-refractivity contribution in [2.24, 2.45) is 0 Å². The van der Waals surface area contributed by atoms with E-state index in [4.69, 9.17) is 0 Å². The maximum absolute atomic E-state index is 11.8. The molecule has 12 aromatic carbocycles. The number of para-hydroxylation sites is 6. The molecule has 7 nitrogen and oxygen atoms in total. The van der Waals surface area contributed by atoms with E-state index in [9.17, 15) is 11.8 Å². The first kappa shape index (κ1) is 46.4. The van der Waals surface area contributed by atoms with Gasteiger partial charge in [0.1, 0.15) is 6.07 Å². The molecule has 84 heavy (non-hydrogen) atoms. The van der Waals surface area contributed by atoms with Crippen LogP contribution >= 0.6 is 0 Å². The van der Waals surface area contributed by atoms with Crippen LogP contribution in [0.1, 0.15) is 30.5 Å². The van der Waals surface area contributed by atoms with E-state index < -0.39 is 0 Å². The average molecular weight is 1070 g/mol. The van der Waals surface area contributed by atoms with Gasteiger partial charge >= 0.3 is 0 Å². The number of hydrogen-bond donors (Lipinski definition) is 0. The summed E-state index contributed by atoms with van der Waals surface area (Å²) in [5.41, 5.74) is 20.4. The zero-order chi connectivity index (χ0) is 55.7. The van der Waals surface area contributed by atoms with Crippen molar-refractivity contribution >= 4 is 115 Å². The highest BCUT2D eigenvalue weighted by molar-refractivity contribution is 6.25. The minimum atomic E-state index is -0.287. The molecule has 17 aromatic rings. The summed E-state index contributed by atoms with van der Waals surface area (Å²) in [4.78, 5) is 4.48. The minimum Gasteiger partial charge on any atom is -0.317 e. The van der Waals surface area contributed by atoms with Crippen molar-refractivity contribution in [1.82, 2.24) is 22.8 Å². The van der Waals surface area contributed by atoms with Crippen LogP contribution < -0.4 is 0 Å². The third-order valence-corrected chi connectivity index (χ3v) is 18.5. The number of benzene rings is 12. The summed E-state index contributed by atoms with van der Waals surface area (Å²) in [7, 11) is 0. The van der Waals surface area contributed by atoms with Gasteiger partial charge in [-0.25, -0.2) is 4.85 Å². The number of nitriles is 1. The van der Waals surface area contributed by atoms with Gasteiger partial charge in [0.25, 0.3) is 0 Å². The van der Waals surface area contributed by atoms with Gasteiger partial charge in [-0.15, -0.1) is 0 Å². The molecule has 1 aliphatic carbocycles. The molecule has 0 saturated heterocycles. The molecule has 0 atom stereocenters. The Balaban J connectivity index is 0.939. The number of fused-ring (bicyclic) bond motifs is 19. The van der Waals surface area contributed by atoms with Gasteiger partial charge in [-0.3, -0.25) is 0 Å². The quantitative estimate of drug-likeness (QED) is 0.158. The maximum atomic E-state index is 11.8. The summed E-state index contributed by atoms with van der Waals surface area (Å²) in [6, 6.07) is 91.9. The Kier molecular flexibility index (Phi) is 9.30. The van der Waals surface area contributed by atoms with Crippen molar-refractivity contribution in [3.05, 3.63) is 277 Å². The van der Waals surface area contributed by atoms with Crippen LogP contribution in [0.4, 0.5) is 5.69 Å². The predicted octanol–water partition coefficient (Wildman–Crippen LogP) is 19.9. The van der Waals surface area contributed by atoms with Gasteiger partial charge in [-0.1, -0.05) is 159 Å². The van der Waals surface area contributed by atoms with E-state index in [1.165, 1.54) is 43.8 Å². The lowest BCUT2D eigenvalue weighted by molar-refractivity contribution is 0.661. The zero-order valence-corrected chi connectivity index (χ0v) is 45.8. The molecule has 0 bridgehead atoms. The Morgan fingerprint density at radius 1 is 0.333 bits per heavy atom. The van der Waals surface area contributed by atoms with Crippen LogP contribution in [0.3, 0.4) is 0 Å². The highest BCUT2D eigenvalue weighted by atomic mass is 15.1. The van der Waals surface area contributed by atoms with Crippen LogP contribution in [0.15, 0.2) is 249 Å². The van der Waals surface area contributed by atoms with Crippen molar-refractivity contribution < 1.29 is 0 Å². The number of aromatic nitrogens is 5. The van der Waals surface area contributed by atoms with Crippen LogP contribution in [0.2, 0.25) is 0 Å². The largest absolute Gasteiger partial charge is 0.317 e. The second-order valence-corrected chi connectivity index (χ2v) is 23.0. The van der Waals surface area contributed by atoms with E-state index in [1.807, 2.05) is 12.1 Å². The molecule has 5 heterocycles. The van der Waals surface area contributed by atoms with Crippen molar-refractivity contribution in [2.45, 2.75) is 19.3 Å². The Morgan fingerprint density at radius 3 is 1.36 bits per heavy atom. The van der Waals surface area contributed by atoms with Crippen LogP contribution in [-0.4, -0.2) is 22.8 Å². The number of nitrogens with zero attached hydrogens (tertiary/aromatic N) is 7. The van der Waals surface area contributed by atoms with Gasteiger partial charge in [0, 0.05) is 76.3 Å². The molecule has 18 rings (SSSR count). The van der Waals surface area contributed by atoms with Gasteiger partial charge in [0.15, 0.2) is 0 Å². The van der Waals surface area contributed by atoms with E-state index >= 15 is 0 Å². The molecule has 0 N–H and O–H groups in total. The fraction of sp³-hybridized carbons (Fsp3) is 0.0390.